The summed E-state index contributed by atoms with van der Waals surface area (Å²) in [5.41, 5.74) is 1.82. The molecule has 3 atom stereocenters. The van der Waals surface area contributed by atoms with E-state index in [1.165, 1.54) is 11.3 Å². The Morgan fingerprint density at radius 2 is 1.97 bits per heavy atom. The van der Waals surface area contributed by atoms with Crippen molar-refractivity contribution in [3.63, 3.8) is 0 Å². The lowest BCUT2D eigenvalue weighted by molar-refractivity contribution is -0.128. The molecule has 3 aromatic heterocycles. The molecule has 4 aromatic rings. The van der Waals surface area contributed by atoms with E-state index >= 15 is 0 Å². The van der Waals surface area contributed by atoms with Crippen LogP contribution in [0.2, 0.25) is 0 Å². The highest BCUT2D eigenvalue weighted by Crippen LogP contribution is 2.40. The molecule has 1 aromatic carbocycles. The predicted molar refractivity (Wildman–Crippen MR) is 125 cm³/mol. The summed E-state index contributed by atoms with van der Waals surface area (Å²) in [4.78, 5) is 25.1. The monoisotopic (exact) mass is 460 g/mol. The van der Waals surface area contributed by atoms with E-state index < -0.39 is 0 Å². The lowest BCUT2D eigenvalue weighted by Gasteiger charge is -2.28. The molecule has 2 saturated heterocycles. The number of carbonyl (C=O) groups is 1. The molecule has 2 aliphatic heterocycles. The number of likely N-dealkylation sites (tertiary alicyclic amines) is 2. The van der Waals surface area contributed by atoms with Crippen LogP contribution in [0.1, 0.15) is 24.3 Å². The highest BCUT2D eigenvalue weighted by Gasteiger charge is 2.43. The number of pyridine rings is 1. The van der Waals surface area contributed by atoms with Gasteiger partial charge in [-0.2, -0.15) is 4.98 Å². The van der Waals surface area contributed by atoms with E-state index in [0.717, 1.165) is 48.0 Å². The number of furan rings is 1. The van der Waals surface area contributed by atoms with Gasteiger partial charge in [-0.05, 0) is 53.8 Å². The molecule has 33 heavy (non-hydrogen) atoms. The van der Waals surface area contributed by atoms with Crippen LogP contribution >= 0.6 is 11.3 Å². The number of nitrogens with zero attached hydrogens (tertiary/aromatic N) is 4. The first-order chi connectivity index (χ1) is 16.1. The second-order valence-corrected chi connectivity index (χ2v) is 9.79. The van der Waals surface area contributed by atoms with Gasteiger partial charge in [0, 0.05) is 39.3 Å². The lowest BCUT2D eigenvalue weighted by atomic mass is 10.0. The molecule has 8 heteroatoms. The quantitative estimate of drug-likeness (QED) is 0.434. The summed E-state index contributed by atoms with van der Waals surface area (Å²) < 4.78 is 13.0. The van der Waals surface area contributed by atoms with Gasteiger partial charge in [0.2, 0.25) is 5.91 Å². The van der Waals surface area contributed by atoms with E-state index in [0.29, 0.717) is 22.7 Å². The van der Waals surface area contributed by atoms with Crippen LogP contribution in [0.5, 0.6) is 10.9 Å². The fourth-order valence-electron chi connectivity index (χ4n) is 5.14. The van der Waals surface area contributed by atoms with Crippen molar-refractivity contribution in [3.05, 3.63) is 72.3 Å². The molecule has 5 heterocycles. The first-order valence-electron chi connectivity index (χ1n) is 11.2. The second kappa shape index (κ2) is 8.28. The van der Waals surface area contributed by atoms with Crippen LogP contribution in [0.25, 0.3) is 10.3 Å². The van der Waals surface area contributed by atoms with E-state index in [1.54, 1.807) is 19.4 Å². The lowest BCUT2D eigenvalue weighted by Crippen LogP contribution is -2.33. The molecule has 0 spiro atoms. The Labute approximate surface area is 195 Å². The van der Waals surface area contributed by atoms with E-state index in [9.17, 15) is 4.79 Å². The van der Waals surface area contributed by atoms with E-state index in [2.05, 4.69) is 27.0 Å². The van der Waals surface area contributed by atoms with Crippen LogP contribution < -0.4 is 4.74 Å². The van der Waals surface area contributed by atoms with E-state index in [-0.39, 0.29) is 11.9 Å². The fourth-order valence-corrected chi connectivity index (χ4v) is 5.94. The normalized spacial score (nSPS) is 21.4. The van der Waals surface area contributed by atoms with E-state index in [4.69, 9.17) is 9.15 Å². The smallest absolute Gasteiger partial charge is 0.281 e. The van der Waals surface area contributed by atoms with Crippen molar-refractivity contribution in [3.8, 4) is 10.9 Å². The number of benzene rings is 1. The number of amides is 1. The van der Waals surface area contributed by atoms with Gasteiger partial charge in [-0.1, -0.05) is 23.5 Å². The Kier molecular flexibility index (Phi) is 5.11. The maximum Gasteiger partial charge on any atom is 0.281 e. The molecule has 3 unspecified atom stereocenters. The van der Waals surface area contributed by atoms with Gasteiger partial charge in [0.1, 0.15) is 11.5 Å². The van der Waals surface area contributed by atoms with Gasteiger partial charge in [-0.15, -0.1) is 0 Å². The van der Waals surface area contributed by atoms with Crippen molar-refractivity contribution >= 4 is 27.6 Å². The number of hydrogen-bond acceptors (Lipinski definition) is 7. The molecule has 6 rings (SSSR count). The molecule has 0 aliphatic carbocycles. The number of thiazole rings is 1. The Morgan fingerprint density at radius 3 is 2.70 bits per heavy atom. The Morgan fingerprint density at radius 1 is 1.12 bits per heavy atom. The first kappa shape index (κ1) is 20.4. The third kappa shape index (κ3) is 3.89. The number of ether oxygens (including phenoxy) is 1. The van der Waals surface area contributed by atoms with Crippen LogP contribution in [0.4, 0.5) is 0 Å². The predicted octanol–water partition coefficient (Wildman–Crippen LogP) is 4.58. The minimum absolute atomic E-state index is 0.00281. The zero-order valence-corrected chi connectivity index (χ0v) is 19.1. The molecule has 0 N–H and O–H groups in total. The molecular weight excluding hydrogens is 436 g/mol. The average Bonchev–Trinajstić information content (AvgIpc) is 3.58. The zero-order valence-electron chi connectivity index (χ0n) is 18.3. The van der Waals surface area contributed by atoms with Crippen LogP contribution in [0.15, 0.2) is 65.4 Å². The SMILES string of the molecule is CC(=O)N1CC2CN(C(c3cccc(Oc4nc5ncccc5s4)c3)c3ccco3)CC2C1. The number of hydrogen-bond donors (Lipinski definition) is 0. The highest BCUT2D eigenvalue weighted by atomic mass is 32.1. The fraction of sp³-hybridized carbons (Fsp3) is 0.320. The first-order valence-corrected chi connectivity index (χ1v) is 12.0. The van der Waals surface area contributed by atoms with Crippen molar-refractivity contribution in [2.24, 2.45) is 11.8 Å². The summed E-state index contributed by atoms with van der Waals surface area (Å²) in [6, 6.07) is 16.0. The Balaban J connectivity index is 1.27. The molecular formula is C25H24N4O3S. The zero-order chi connectivity index (χ0) is 22.4. The second-order valence-electron chi connectivity index (χ2n) is 8.80. The molecule has 0 saturated carbocycles. The number of rotatable bonds is 5. The van der Waals surface area contributed by atoms with Gasteiger partial charge >= 0.3 is 0 Å². The molecule has 7 nitrogen and oxygen atoms in total. The molecule has 2 aliphatic rings. The molecule has 2 fully saturated rings. The average molecular weight is 461 g/mol. The van der Waals surface area contributed by atoms with Gasteiger partial charge in [0.05, 0.1) is 17.0 Å². The van der Waals surface area contributed by atoms with Gasteiger partial charge in [0.15, 0.2) is 5.65 Å². The summed E-state index contributed by atoms with van der Waals surface area (Å²) in [6.07, 6.45) is 3.46. The van der Waals surface area contributed by atoms with Crippen LogP contribution in [-0.2, 0) is 4.79 Å². The number of aromatic nitrogens is 2. The maximum absolute atomic E-state index is 11.8. The summed E-state index contributed by atoms with van der Waals surface area (Å²) in [7, 11) is 0. The minimum Gasteiger partial charge on any atom is -0.467 e. The van der Waals surface area contributed by atoms with Crippen molar-refractivity contribution in [2.45, 2.75) is 13.0 Å². The van der Waals surface area contributed by atoms with E-state index in [1.807, 2.05) is 41.3 Å². The van der Waals surface area contributed by atoms with Crippen LogP contribution in [-0.4, -0.2) is 51.9 Å². The third-order valence-corrected chi connectivity index (χ3v) is 7.55. The molecule has 168 valence electrons. The van der Waals surface area contributed by atoms with Gasteiger partial charge in [-0.25, -0.2) is 4.98 Å². The standard InChI is InChI=1S/C25H24N4O3S/c1-16(30)28-12-18-14-29(15-19(18)13-28)23(21-7-4-10-31-21)17-5-2-6-20(11-17)32-25-27-24-22(33-25)8-3-9-26-24/h2-11,18-19,23H,12-15H2,1H3. The van der Waals surface area contributed by atoms with Crippen molar-refractivity contribution in [1.82, 2.24) is 19.8 Å². The minimum atomic E-state index is -0.00281. The van der Waals surface area contributed by atoms with Crippen molar-refractivity contribution in [2.75, 3.05) is 26.2 Å². The van der Waals surface area contributed by atoms with Crippen LogP contribution in [0, 0.1) is 11.8 Å². The van der Waals surface area contributed by atoms with Crippen LogP contribution in [0.3, 0.4) is 0 Å². The van der Waals surface area contributed by atoms with Crippen molar-refractivity contribution < 1.29 is 13.9 Å². The van der Waals surface area contributed by atoms with Gasteiger partial charge < -0.3 is 14.1 Å². The Bertz CT molecular complexity index is 1240. The molecule has 1 amide bonds. The third-order valence-electron chi connectivity index (χ3n) is 6.66. The topological polar surface area (TPSA) is 71.7 Å². The largest absolute Gasteiger partial charge is 0.467 e. The van der Waals surface area contributed by atoms with Gasteiger partial charge in [-0.3, -0.25) is 9.69 Å². The van der Waals surface area contributed by atoms with Crippen molar-refractivity contribution in [1.29, 1.82) is 0 Å². The van der Waals surface area contributed by atoms with Gasteiger partial charge in [0.25, 0.3) is 5.19 Å². The summed E-state index contributed by atoms with van der Waals surface area (Å²) in [5.74, 6) is 2.83. The number of carbonyl (C=O) groups excluding carboxylic acids is 1. The Hall–Kier alpha value is -3.23. The molecule has 0 radical (unpaired) electrons. The highest BCUT2D eigenvalue weighted by molar-refractivity contribution is 7.20. The molecule has 0 bridgehead atoms. The number of fused-ring (bicyclic) bond motifs is 2. The summed E-state index contributed by atoms with van der Waals surface area (Å²) >= 11 is 1.49. The summed E-state index contributed by atoms with van der Waals surface area (Å²) in [6.45, 7) is 5.23. The summed E-state index contributed by atoms with van der Waals surface area (Å²) in [5, 5.41) is 0.579. The maximum atomic E-state index is 11.8.